The van der Waals surface area contributed by atoms with Crippen LogP contribution in [0, 0.1) is 0 Å². The van der Waals surface area contributed by atoms with Crippen molar-refractivity contribution in [1.82, 2.24) is 14.6 Å². The number of carbonyl (C=O) groups is 2. The molecule has 32 heavy (non-hydrogen) atoms. The smallest absolute Gasteiger partial charge is 0.291 e. The minimum Gasteiger partial charge on any atom is -0.291 e. The fourth-order valence-corrected chi connectivity index (χ4v) is 4.72. The Hall–Kier alpha value is -3.72. The number of amides is 1. The molecule has 1 N–H and O–H groups in total. The van der Waals surface area contributed by atoms with Gasteiger partial charge in [-0.2, -0.15) is 0 Å². The van der Waals surface area contributed by atoms with Gasteiger partial charge in [0.15, 0.2) is 0 Å². The maximum atomic E-state index is 13.1. The number of thioether (sulfide) groups is 1. The summed E-state index contributed by atoms with van der Waals surface area (Å²) in [5, 5.41) is 5.92. The van der Waals surface area contributed by atoms with Crippen LogP contribution in [0.15, 0.2) is 64.7 Å². The van der Waals surface area contributed by atoms with Crippen LogP contribution in [-0.4, -0.2) is 32.7 Å². The van der Waals surface area contributed by atoms with Crippen molar-refractivity contribution >= 4 is 40.2 Å². The highest BCUT2D eigenvalue weighted by Crippen LogP contribution is 2.39. The molecule has 0 saturated carbocycles. The molecule has 1 atom stereocenters. The molecule has 2 aromatic carbocycles. The third kappa shape index (κ3) is 2.89. The predicted octanol–water partition coefficient (Wildman–Crippen LogP) is 2.97. The maximum Gasteiger partial charge on any atom is 0.325 e. The fourth-order valence-electron chi connectivity index (χ4n) is 4.36. The summed E-state index contributed by atoms with van der Waals surface area (Å²) < 4.78 is 3.16. The Labute approximate surface area is 187 Å². The van der Waals surface area contributed by atoms with Crippen molar-refractivity contribution < 1.29 is 14.3 Å². The second-order valence-corrected chi connectivity index (χ2v) is 8.32. The van der Waals surface area contributed by atoms with Crippen molar-refractivity contribution in [2.75, 3.05) is 11.2 Å². The first-order valence-corrected chi connectivity index (χ1v) is 11.2. The number of benzene rings is 2. The normalized spacial score (nSPS) is 14.8. The molecule has 8 nitrogen and oxygen atoms in total. The standard InChI is InChI=1S/C23H19N5O3S/c1-13(29)26-12-17(15-8-4-6-10-18(15)26)22-27(14(2)30)19-11-7-5-9-16(19)20-21(31)24-23(32-3)25-28(20)22/h4-12,22H,1-3H3/p+1/t22-/m0/s1. The Kier molecular flexibility index (Phi) is 4.70. The van der Waals surface area contributed by atoms with E-state index in [1.807, 2.05) is 54.8 Å². The highest BCUT2D eigenvalue weighted by atomic mass is 32.2. The van der Waals surface area contributed by atoms with E-state index in [1.54, 1.807) is 20.3 Å². The Balaban J connectivity index is 1.92. The molecule has 0 unspecified atom stereocenters. The quantitative estimate of drug-likeness (QED) is 0.378. The lowest BCUT2D eigenvalue weighted by atomic mass is 10.0. The number of aromatic amines is 1. The number of fused-ring (bicyclic) bond motifs is 4. The fraction of sp³-hybridized carbons (Fsp3) is 0.174. The molecular formula is C23H20N5O3S+. The maximum absolute atomic E-state index is 13.1. The van der Waals surface area contributed by atoms with Crippen LogP contribution in [0.25, 0.3) is 22.2 Å². The molecule has 1 aliphatic rings. The van der Waals surface area contributed by atoms with Crippen LogP contribution in [0.1, 0.15) is 30.4 Å². The molecule has 0 saturated heterocycles. The lowest BCUT2D eigenvalue weighted by Gasteiger charge is -2.31. The van der Waals surface area contributed by atoms with Crippen LogP contribution in [0.3, 0.4) is 0 Å². The highest BCUT2D eigenvalue weighted by molar-refractivity contribution is 7.98. The summed E-state index contributed by atoms with van der Waals surface area (Å²) in [6, 6.07) is 14.8. The van der Waals surface area contributed by atoms with E-state index in [0.717, 1.165) is 10.9 Å². The van der Waals surface area contributed by atoms with E-state index >= 15 is 0 Å². The Morgan fingerprint density at radius 2 is 1.78 bits per heavy atom. The number of rotatable bonds is 2. The van der Waals surface area contributed by atoms with Gasteiger partial charge in [-0.25, -0.2) is 4.90 Å². The van der Waals surface area contributed by atoms with Gasteiger partial charge in [0.25, 0.3) is 6.17 Å². The predicted molar refractivity (Wildman–Crippen MR) is 122 cm³/mol. The summed E-state index contributed by atoms with van der Waals surface area (Å²) in [6.45, 7) is 2.98. The van der Waals surface area contributed by atoms with Gasteiger partial charge in [-0.1, -0.05) is 42.1 Å². The number of nitrogens with one attached hydrogen (secondary N) is 1. The van der Waals surface area contributed by atoms with Crippen LogP contribution in [-0.2, 0) is 4.79 Å². The Morgan fingerprint density at radius 1 is 1.06 bits per heavy atom. The summed E-state index contributed by atoms with van der Waals surface area (Å²) in [5.74, 6) is -0.347. The average molecular weight is 447 g/mol. The molecule has 4 aromatic rings. The van der Waals surface area contributed by atoms with E-state index < -0.39 is 6.17 Å². The monoisotopic (exact) mass is 446 g/mol. The lowest BCUT2D eigenvalue weighted by molar-refractivity contribution is -0.762. The average Bonchev–Trinajstić information content (AvgIpc) is 3.17. The summed E-state index contributed by atoms with van der Waals surface area (Å²) in [4.78, 5) is 43.0. The third-order valence-electron chi connectivity index (χ3n) is 5.65. The van der Waals surface area contributed by atoms with Gasteiger partial charge >= 0.3 is 11.3 Å². The number of H-pyrrole nitrogens is 1. The second-order valence-electron chi connectivity index (χ2n) is 7.53. The highest BCUT2D eigenvalue weighted by Gasteiger charge is 2.46. The number of aromatic nitrogens is 4. The number of hydrogen-bond donors (Lipinski definition) is 1. The minimum atomic E-state index is -0.740. The molecule has 1 amide bonds. The number of nitrogens with zero attached hydrogens (tertiary/aromatic N) is 4. The van der Waals surface area contributed by atoms with Crippen molar-refractivity contribution in [3.63, 3.8) is 0 Å². The number of anilines is 1. The molecule has 3 heterocycles. The summed E-state index contributed by atoms with van der Waals surface area (Å²) >= 11 is 1.31. The molecule has 0 spiro atoms. The molecule has 2 aromatic heterocycles. The molecule has 0 bridgehead atoms. The largest absolute Gasteiger partial charge is 0.325 e. The van der Waals surface area contributed by atoms with Crippen LogP contribution < -0.4 is 15.1 Å². The van der Waals surface area contributed by atoms with Crippen molar-refractivity contribution in [2.45, 2.75) is 25.2 Å². The molecule has 0 fully saturated rings. The van der Waals surface area contributed by atoms with Crippen molar-refractivity contribution in [2.24, 2.45) is 0 Å². The van der Waals surface area contributed by atoms with Gasteiger partial charge in [0.1, 0.15) is 0 Å². The first kappa shape index (κ1) is 20.2. The molecular weight excluding hydrogens is 426 g/mol. The van der Waals surface area contributed by atoms with Gasteiger partial charge in [0.05, 0.1) is 22.3 Å². The van der Waals surface area contributed by atoms with E-state index in [2.05, 4.69) is 10.1 Å². The zero-order chi connectivity index (χ0) is 22.6. The van der Waals surface area contributed by atoms with Crippen LogP contribution in [0.2, 0.25) is 0 Å². The van der Waals surface area contributed by atoms with Gasteiger partial charge in [-0.05, 0) is 29.1 Å². The topological polar surface area (TPSA) is 91.9 Å². The van der Waals surface area contributed by atoms with Crippen LogP contribution >= 0.6 is 11.8 Å². The summed E-state index contributed by atoms with van der Waals surface area (Å²) in [6.07, 6.45) is 2.82. The van der Waals surface area contributed by atoms with Gasteiger partial charge in [0.2, 0.25) is 17.0 Å². The second kappa shape index (κ2) is 7.45. The van der Waals surface area contributed by atoms with E-state index in [0.29, 0.717) is 27.7 Å². The molecule has 5 rings (SSSR count). The third-order valence-corrected chi connectivity index (χ3v) is 6.22. The molecule has 160 valence electrons. The summed E-state index contributed by atoms with van der Waals surface area (Å²) in [5.41, 5.74) is 2.75. The molecule has 0 aliphatic carbocycles. The minimum absolute atomic E-state index is 0.146. The lowest BCUT2D eigenvalue weighted by Crippen LogP contribution is -2.60. The van der Waals surface area contributed by atoms with Crippen molar-refractivity contribution in [1.29, 1.82) is 0 Å². The van der Waals surface area contributed by atoms with E-state index in [4.69, 9.17) is 0 Å². The Bertz CT molecular complexity index is 1470. The van der Waals surface area contributed by atoms with Crippen LogP contribution in [0.4, 0.5) is 5.69 Å². The van der Waals surface area contributed by atoms with Gasteiger partial charge in [-0.3, -0.25) is 23.9 Å². The van der Waals surface area contributed by atoms with Crippen molar-refractivity contribution in [3.8, 4) is 11.3 Å². The summed E-state index contributed by atoms with van der Waals surface area (Å²) in [7, 11) is 0. The van der Waals surface area contributed by atoms with Gasteiger partial charge < -0.3 is 0 Å². The first-order valence-electron chi connectivity index (χ1n) is 10.0. The Morgan fingerprint density at radius 3 is 2.50 bits per heavy atom. The number of hydrogen-bond acceptors (Lipinski definition) is 5. The number of carbonyl (C=O) groups excluding carboxylic acids is 2. The molecule has 9 heteroatoms. The van der Waals surface area contributed by atoms with Gasteiger partial charge in [0, 0.05) is 30.5 Å². The first-order chi connectivity index (χ1) is 15.4. The van der Waals surface area contributed by atoms with E-state index in [-0.39, 0.29) is 17.4 Å². The SMILES string of the molecule is CSc1n[n+]2c(c(=O)[nH]1)-c1ccccc1N(C(C)=O)[C@@H]2c1cn(C(C)=O)c2ccccc12. The van der Waals surface area contributed by atoms with E-state index in [1.165, 1.54) is 25.6 Å². The zero-order valence-electron chi connectivity index (χ0n) is 17.7. The number of para-hydroxylation sites is 2. The van der Waals surface area contributed by atoms with Crippen LogP contribution in [0.5, 0.6) is 0 Å². The molecule has 1 aliphatic heterocycles. The van der Waals surface area contributed by atoms with Crippen molar-refractivity contribution in [3.05, 3.63) is 70.6 Å². The van der Waals surface area contributed by atoms with Gasteiger partial charge in [-0.15, -0.1) is 0 Å². The van der Waals surface area contributed by atoms with E-state index in [9.17, 15) is 14.4 Å². The molecule has 0 radical (unpaired) electrons. The zero-order valence-corrected chi connectivity index (χ0v) is 18.5.